The van der Waals surface area contributed by atoms with E-state index in [4.69, 9.17) is 14.9 Å². The number of primary amides is 1. The first-order chi connectivity index (χ1) is 16.5. The average Bonchev–Trinajstić information content (AvgIpc) is 3.27. The first-order valence-electron chi connectivity index (χ1n) is 12.3. The van der Waals surface area contributed by atoms with E-state index in [2.05, 4.69) is 63.1 Å². The highest BCUT2D eigenvalue weighted by Gasteiger charge is 2.39. The molecule has 0 aliphatic rings. The van der Waals surface area contributed by atoms with Crippen molar-refractivity contribution in [3.63, 3.8) is 0 Å². The second-order valence-electron chi connectivity index (χ2n) is 10.6. The Morgan fingerprint density at radius 3 is 2.43 bits per heavy atom. The van der Waals surface area contributed by atoms with Crippen LogP contribution in [0.1, 0.15) is 55.2 Å². The summed E-state index contributed by atoms with van der Waals surface area (Å²) in [7, 11) is -1.98. The molecule has 0 saturated carbocycles. The van der Waals surface area contributed by atoms with Crippen molar-refractivity contribution in [2.24, 2.45) is 5.73 Å². The summed E-state index contributed by atoms with van der Waals surface area (Å²) in [5.74, 6) is 0.414. The Morgan fingerprint density at radius 1 is 1.09 bits per heavy atom. The smallest absolute Gasteiger partial charge is 0.268 e. The Bertz CT molecular complexity index is 1090. The van der Waals surface area contributed by atoms with E-state index >= 15 is 0 Å². The fraction of sp³-hybridized carbons (Fsp3) is 0.429. The molecule has 0 saturated heterocycles. The van der Waals surface area contributed by atoms with Crippen LogP contribution in [0.15, 0.2) is 67.1 Å². The summed E-state index contributed by atoms with van der Waals surface area (Å²) >= 11 is 0. The van der Waals surface area contributed by atoms with Gasteiger partial charge in [0.15, 0.2) is 8.32 Å². The molecule has 188 valence electrons. The highest BCUT2D eigenvalue weighted by atomic mass is 28.4. The summed E-state index contributed by atoms with van der Waals surface area (Å²) in [6, 6.07) is 18.5. The molecule has 0 aliphatic heterocycles. The quantitative estimate of drug-likeness (QED) is 0.315. The van der Waals surface area contributed by atoms with Gasteiger partial charge in [-0.25, -0.2) is 4.98 Å². The molecule has 0 unspecified atom stereocenters. The van der Waals surface area contributed by atoms with Crippen LogP contribution in [0, 0.1) is 0 Å². The maximum Gasteiger partial charge on any atom is 0.268 e. The number of hydrogen-bond donors (Lipinski definition) is 1. The number of amides is 1. The maximum atomic E-state index is 11.5. The molecular weight excluding hydrogens is 454 g/mol. The van der Waals surface area contributed by atoms with Crippen LogP contribution < -0.4 is 10.5 Å². The molecular formula is C28H39N3O3Si. The van der Waals surface area contributed by atoms with Crippen LogP contribution >= 0.6 is 0 Å². The molecule has 0 bridgehead atoms. The summed E-state index contributed by atoms with van der Waals surface area (Å²) in [6.07, 6.45) is 6.14. The summed E-state index contributed by atoms with van der Waals surface area (Å²) in [4.78, 5) is 15.6. The Hall–Kier alpha value is -2.90. The van der Waals surface area contributed by atoms with Crippen LogP contribution in [-0.4, -0.2) is 29.9 Å². The highest BCUT2D eigenvalue weighted by molar-refractivity contribution is 6.74. The number of carbonyl (C=O) groups is 1. The number of rotatable bonds is 12. The average molecular weight is 494 g/mol. The van der Waals surface area contributed by atoms with E-state index < -0.39 is 14.2 Å². The zero-order valence-electron chi connectivity index (χ0n) is 21.7. The number of benzene rings is 2. The molecule has 0 radical (unpaired) electrons. The van der Waals surface area contributed by atoms with Gasteiger partial charge in [0, 0.05) is 12.7 Å². The minimum atomic E-state index is -1.98. The number of ether oxygens (including phenoxy) is 1. The molecule has 0 fully saturated rings. The largest absolute Gasteiger partial charge is 0.489 e. The van der Waals surface area contributed by atoms with Gasteiger partial charge >= 0.3 is 0 Å². The number of imidazole rings is 1. The molecule has 35 heavy (non-hydrogen) atoms. The first-order valence-corrected chi connectivity index (χ1v) is 15.2. The predicted octanol–water partition coefficient (Wildman–Crippen LogP) is 5.97. The van der Waals surface area contributed by atoms with Crippen molar-refractivity contribution in [3.05, 3.63) is 83.9 Å². The van der Waals surface area contributed by atoms with Gasteiger partial charge in [-0.1, -0.05) is 69.3 Å². The van der Waals surface area contributed by atoms with E-state index in [1.807, 2.05) is 34.9 Å². The van der Waals surface area contributed by atoms with Crippen molar-refractivity contribution in [1.29, 1.82) is 0 Å². The molecule has 2 N–H and O–H groups in total. The lowest BCUT2D eigenvalue weighted by Gasteiger charge is -2.39. The van der Waals surface area contributed by atoms with Crippen LogP contribution in [0.25, 0.3) is 0 Å². The third-order valence-electron chi connectivity index (χ3n) is 6.75. The van der Waals surface area contributed by atoms with Gasteiger partial charge in [-0.3, -0.25) is 4.79 Å². The maximum absolute atomic E-state index is 11.5. The third kappa shape index (κ3) is 7.80. The van der Waals surface area contributed by atoms with Crippen LogP contribution in [0.2, 0.25) is 18.1 Å². The Morgan fingerprint density at radius 2 is 1.77 bits per heavy atom. The summed E-state index contributed by atoms with van der Waals surface area (Å²) in [5, 5.41) is 0.108. The van der Waals surface area contributed by atoms with Crippen molar-refractivity contribution < 1.29 is 14.0 Å². The van der Waals surface area contributed by atoms with E-state index in [1.165, 1.54) is 5.56 Å². The van der Waals surface area contributed by atoms with Gasteiger partial charge in [-0.05, 0) is 54.6 Å². The van der Waals surface area contributed by atoms with Crippen molar-refractivity contribution in [2.75, 3.05) is 0 Å². The SMILES string of the molecule is CC(C)(C)[Si](C)(C)O[C@@H](CCCc1ccccc1OCc1ccccc1)Cn1cnc(C(N)=O)c1. The molecule has 0 spiro atoms. The third-order valence-corrected chi connectivity index (χ3v) is 11.3. The zero-order valence-corrected chi connectivity index (χ0v) is 22.7. The number of hydrogen-bond acceptors (Lipinski definition) is 4. The number of para-hydroxylation sites is 1. The van der Waals surface area contributed by atoms with Gasteiger partial charge in [-0.15, -0.1) is 0 Å². The van der Waals surface area contributed by atoms with Gasteiger partial charge in [0.25, 0.3) is 5.91 Å². The van der Waals surface area contributed by atoms with E-state index in [1.54, 1.807) is 12.5 Å². The molecule has 7 heteroatoms. The van der Waals surface area contributed by atoms with Crippen molar-refractivity contribution >= 4 is 14.2 Å². The minimum absolute atomic E-state index is 0.0169. The minimum Gasteiger partial charge on any atom is -0.489 e. The number of aryl methyl sites for hydroxylation is 1. The fourth-order valence-electron chi connectivity index (χ4n) is 3.71. The summed E-state index contributed by atoms with van der Waals surface area (Å²) in [5.41, 5.74) is 8.02. The molecule has 3 rings (SSSR count). The van der Waals surface area contributed by atoms with Gasteiger partial charge in [0.05, 0.1) is 12.4 Å². The molecule has 6 nitrogen and oxygen atoms in total. The van der Waals surface area contributed by atoms with Gasteiger partial charge in [0.1, 0.15) is 18.1 Å². The topological polar surface area (TPSA) is 79.4 Å². The number of carbonyl (C=O) groups excluding carboxylic acids is 1. The molecule has 0 aliphatic carbocycles. The normalized spacial score (nSPS) is 12.9. The molecule has 2 aromatic carbocycles. The Kier molecular flexibility index (Phi) is 8.91. The summed E-state index contributed by atoms with van der Waals surface area (Å²) < 4.78 is 14.9. The predicted molar refractivity (Wildman–Crippen MR) is 143 cm³/mol. The second-order valence-corrected chi connectivity index (χ2v) is 15.4. The van der Waals surface area contributed by atoms with Crippen LogP contribution in [0.5, 0.6) is 5.75 Å². The lowest BCUT2D eigenvalue weighted by atomic mass is 10.0. The van der Waals surface area contributed by atoms with E-state index in [0.717, 1.165) is 30.6 Å². The molecule has 1 heterocycles. The van der Waals surface area contributed by atoms with Crippen LogP contribution in [-0.2, 0) is 24.0 Å². The lowest BCUT2D eigenvalue weighted by Crippen LogP contribution is -2.44. The number of aromatic nitrogens is 2. The van der Waals surface area contributed by atoms with Crippen LogP contribution in [0.4, 0.5) is 0 Å². The van der Waals surface area contributed by atoms with Crippen molar-refractivity contribution in [3.8, 4) is 5.75 Å². The van der Waals surface area contributed by atoms with E-state index in [0.29, 0.717) is 13.2 Å². The fourth-order valence-corrected chi connectivity index (χ4v) is 5.09. The van der Waals surface area contributed by atoms with Gasteiger partial charge < -0.3 is 19.5 Å². The standard InChI is InChI=1S/C28H39N3O3Si/c1-28(2,3)35(4,5)34-24(18-31-19-25(27(29)32)30-21-31)16-11-15-23-14-9-10-17-26(23)33-20-22-12-7-6-8-13-22/h6-10,12-14,17,19,21,24H,11,15-16,18,20H2,1-5H3,(H2,29,32)/t24-/m0/s1. The highest BCUT2D eigenvalue weighted by Crippen LogP contribution is 2.38. The Labute approximate surface area is 210 Å². The summed E-state index contributed by atoms with van der Waals surface area (Å²) in [6.45, 7) is 12.5. The van der Waals surface area contributed by atoms with Gasteiger partial charge in [-0.2, -0.15) is 0 Å². The second kappa shape index (κ2) is 11.7. The first kappa shape index (κ1) is 26.7. The number of nitrogens with two attached hydrogens (primary N) is 1. The number of nitrogens with zero attached hydrogens (tertiary/aromatic N) is 2. The molecule has 1 atom stereocenters. The van der Waals surface area contributed by atoms with Crippen molar-refractivity contribution in [1.82, 2.24) is 9.55 Å². The molecule has 1 amide bonds. The monoisotopic (exact) mass is 493 g/mol. The zero-order chi connectivity index (χ0) is 25.5. The van der Waals surface area contributed by atoms with Gasteiger partial charge in [0.2, 0.25) is 0 Å². The molecule has 1 aromatic heterocycles. The van der Waals surface area contributed by atoms with E-state index in [9.17, 15) is 4.79 Å². The Balaban J connectivity index is 1.66. The lowest BCUT2D eigenvalue weighted by molar-refractivity contribution is 0.0995. The van der Waals surface area contributed by atoms with Crippen LogP contribution in [0.3, 0.4) is 0 Å². The van der Waals surface area contributed by atoms with E-state index in [-0.39, 0.29) is 16.8 Å². The molecule has 3 aromatic rings. The van der Waals surface area contributed by atoms with Crippen molar-refractivity contribution in [2.45, 2.75) is 77.4 Å².